The van der Waals surface area contributed by atoms with Crippen molar-refractivity contribution in [2.45, 2.75) is 45.4 Å². The van der Waals surface area contributed by atoms with E-state index in [4.69, 9.17) is 10.2 Å². The molecular formula is C14H26N2O4. The Labute approximate surface area is 120 Å². The van der Waals surface area contributed by atoms with Crippen molar-refractivity contribution in [3.63, 3.8) is 0 Å². The van der Waals surface area contributed by atoms with Crippen molar-refractivity contribution >= 4 is 12.0 Å². The number of carbonyl (C=O) groups excluding carboxylic acids is 1. The van der Waals surface area contributed by atoms with E-state index in [1.165, 1.54) is 0 Å². The lowest BCUT2D eigenvalue weighted by molar-refractivity contribution is -0.141. The quantitative estimate of drug-likeness (QED) is 0.598. The second-order valence-corrected chi connectivity index (χ2v) is 5.65. The number of nitrogens with one attached hydrogen (secondary N) is 1. The van der Waals surface area contributed by atoms with Crippen LogP contribution in [0, 0.1) is 5.41 Å². The Kier molecular flexibility index (Phi) is 6.78. The highest BCUT2D eigenvalue weighted by molar-refractivity contribution is 5.74. The average Bonchev–Trinajstić information content (AvgIpc) is 2.36. The summed E-state index contributed by atoms with van der Waals surface area (Å²) in [6.07, 6.45) is 4.73. The first-order valence-corrected chi connectivity index (χ1v) is 7.38. The minimum Gasteiger partial charge on any atom is -0.481 e. The first-order valence-electron chi connectivity index (χ1n) is 7.38. The van der Waals surface area contributed by atoms with Crippen LogP contribution in [0.15, 0.2) is 0 Å². The number of aliphatic hydroxyl groups is 1. The Morgan fingerprint density at radius 2 is 2.00 bits per heavy atom. The zero-order chi connectivity index (χ0) is 15.0. The summed E-state index contributed by atoms with van der Waals surface area (Å²) in [5.74, 6) is -0.808. The van der Waals surface area contributed by atoms with Crippen molar-refractivity contribution in [2.24, 2.45) is 5.41 Å². The Morgan fingerprint density at radius 3 is 2.45 bits per heavy atom. The summed E-state index contributed by atoms with van der Waals surface area (Å²) < 4.78 is 0. The van der Waals surface area contributed by atoms with Crippen LogP contribution in [-0.4, -0.2) is 53.4 Å². The number of carboxylic acids is 1. The first-order chi connectivity index (χ1) is 9.53. The van der Waals surface area contributed by atoms with E-state index in [1.807, 2.05) is 6.92 Å². The van der Waals surface area contributed by atoms with Crippen molar-refractivity contribution in [3.05, 3.63) is 0 Å². The van der Waals surface area contributed by atoms with Gasteiger partial charge >= 0.3 is 12.0 Å². The number of carbonyl (C=O) groups is 2. The molecule has 0 aromatic heterocycles. The van der Waals surface area contributed by atoms with Crippen molar-refractivity contribution < 1.29 is 19.8 Å². The van der Waals surface area contributed by atoms with Crippen LogP contribution in [0.3, 0.4) is 0 Å². The summed E-state index contributed by atoms with van der Waals surface area (Å²) in [6.45, 7) is 3.33. The fraction of sp³-hybridized carbons (Fsp3) is 0.857. The fourth-order valence-corrected chi connectivity index (χ4v) is 2.57. The molecule has 0 bridgehead atoms. The van der Waals surface area contributed by atoms with Gasteiger partial charge in [-0.1, -0.05) is 19.8 Å². The minimum absolute atomic E-state index is 0.0581. The molecule has 1 aliphatic rings. The summed E-state index contributed by atoms with van der Waals surface area (Å²) in [7, 11) is 0. The van der Waals surface area contributed by atoms with E-state index in [1.54, 1.807) is 4.90 Å². The Morgan fingerprint density at radius 1 is 1.30 bits per heavy atom. The number of nitrogens with zero attached hydrogens (tertiary/aromatic N) is 1. The number of hydrogen-bond donors (Lipinski definition) is 3. The number of urea groups is 1. The van der Waals surface area contributed by atoms with E-state index in [0.29, 0.717) is 19.6 Å². The third-order valence-corrected chi connectivity index (χ3v) is 3.99. The van der Waals surface area contributed by atoms with Gasteiger partial charge in [-0.25, -0.2) is 4.79 Å². The summed E-state index contributed by atoms with van der Waals surface area (Å²) in [6, 6.07) is -0.204. The van der Waals surface area contributed by atoms with Crippen LogP contribution in [0.5, 0.6) is 0 Å². The van der Waals surface area contributed by atoms with Crippen molar-refractivity contribution in [1.82, 2.24) is 10.2 Å². The molecule has 6 heteroatoms. The molecule has 2 amide bonds. The third kappa shape index (κ3) is 5.00. The van der Waals surface area contributed by atoms with Crippen LogP contribution in [-0.2, 0) is 4.79 Å². The van der Waals surface area contributed by atoms with E-state index in [9.17, 15) is 9.59 Å². The zero-order valence-corrected chi connectivity index (χ0v) is 12.2. The van der Waals surface area contributed by atoms with Crippen LogP contribution in [0.2, 0.25) is 0 Å². The van der Waals surface area contributed by atoms with Gasteiger partial charge in [0.05, 0.1) is 13.0 Å². The monoisotopic (exact) mass is 286 g/mol. The van der Waals surface area contributed by atoms with Crippen LogP contribution in [0.1, 0.15) is 45.4 Å². The molecule has 1 aliphatic carbocycles. The van der Waals surface area contributed by atoms with Gasteiger partial charge in [-0.2, -0.15) is 0 Å². The van der Waals surface area contributed by atoms with Gasteiger partial charge in [0.15, 0.2) is 0 Å². The lowest BCUT2D eigenvalue weighted by Crippen LogP contribution is -2.48. The Bertz CT molecular complexity index is 329. The molecule has 0 spiro atoms. The molecule has 3 N–H and O–H groups in total. The van der Waals surface area contributed by atoms with Crippen LogP contribution in [0.4, 0.5) is 4.79 Å². The third-order valence-electron chi connectivity index (χ3n) is 3.99. The highest BCUT2D eigenvalue weighted by atomic mass is 16.4. The van der Waals surface area contributed by atoms with Crippen molar-refractivity contribution in [3.8, 4) is 0 Å². The molecule has 0 radical (unpaired) electrons. The molecule has 1 fully saturated rings. The van der Waals surface area contributed by atoms with Gasteiger partial charge in [-0.15, -0.1) is 0 Å². The van der Waals surface area contributed by atoms with Crippen molar-refractivity contribution in [1.29, 1.82) is 0 Å². The number of amides is 2. The Balaban J connectivity index is 2.44. The number of unbranched alkanes of at least 4 members (excludes halogenated alkanes) is 1. The smallest absolute Gasteiger partial charge is 0.317 e. The lowest BCUT2D eigenvalue weighted by Gasteiger charge is -2.41. The second-order valence-electron chi connectivity index (χ2n) is 5.65. The standard InChI is InChI=1S/C14H26N2O4/c1-2-3-7-16(8-9-17)13(20)15-11-14(5-4-6-14)10-12(18)19/h17H,2-11H2,1H3,(H,15,20)(H,18,19). The molecule has 116 valence electrons. The van der Waals surface area contributed by atoms with Crippen LogP contribution >= 0.6 is 0 Å². The number of hydrogen-bond acceptors (Lipinski definition) is 3. The molecule has 1 saturated carbocycles. The maximum Gasteiger partial charge on any atom is 0.317 e. The maximum absolute atomic E-state index is 12.1. The molecule has 0 saturated heterocycles. The topological polar surface area (TPSA) is 89.9 Å². The molecule has 0 heterocycles. The number of carboxylic acid groups (broad SMARTS) is 1. The van der Waals surface area contributed by atoms with E-state index in [0.717, 1.165) is 32.1 Å². The van der Waals surface area contributed by atoms with Gasteiger partial charge in [0, 0.05) is 19.6 Å². The van der Waals surface area contributed by atoms with Gasteiger partial charge in [0.1, 0.15) is 0 Å². The van der Waals surface area contributed by atoms with Gasteiger partial charge in [-0.3, -0.25) is 4.79 Å². The molecule has 1 rings (SSSR count). The van der Waals surface area contributed by atoms with Gasteiger partial charge in [0.25, 0.3) is 0 Å². The number of aliphatic carboxylic acids is 1. The predicted octanol–water partition coefficient (Wildman–Crippen LogP) is 1.44. The zero-order valence-electron chi connectivity index (χ0n) is 12.2. The fourth-order valence-electron chi connectivity index (χ4n) is 2.57. The molecule has 20 heavy (non-hydrogen) atoms. The summed E-state index contributed by atoms with van der Waals surface area (Å²) >= 11 is 0. The Hall–Kier alpha value is -1.30. The van der Waals surface area contributed by atoms with Gasteiger partial charge in [0.2, 0.25) is 0 Å². The van der Waals surface area contributed by atoms with Crippen molar-refractivity contribution in [2.75, 3.05) is 26.2 Å². The van der Waals surface area contributed by atoms with Gasteiger partial charge in [-0.05, 0) is 24.7 Å². The van der Waals surface area contributed by atoms with E-state index in [-0.39, 0.29) is 24.5 Å². The lowest BCUT2D eigenvalue weighted by atomic mass is 9.66. The average molecular weight is 286 g/mol. The molecule has 0 aromatic rings. The summed E-state index contributed by atoms with van der Waals surface area (Å²) in [5, 5.41) is 20.8. The van der Waals surface area contributed by atoms with Crippen LogP contribution in [0.25, 0.3) is 0 Å². The maximum atomic E-state index is 12.1. The molecule has 0 atom stereocenters. The van der Waals surface area contributed by atoms with Crippen LogP contribution < -0.4 is 5.32 Å². The SMILES string of the molecule is CCCCN(CCO)C(=O)NCC1(CC(=O)O)CCC1. The highest BCUT2D eigenvalue weighted by Crippen LogP contribution is 2.43. The highest BCUT2D eigenvalue weighted by Gasteiger charge is 2.39. The van der Waals surface area contributed by atoms with E-state index < -0.39 is 5.97 Å². The number of aliphatic hydroxyl groups excluding tert-OH is 1. The molecule has 0 aliphatic heterocycles. The molecule has 6 nitrogen and oxygen atoms in total. The van der Waals surface area contributed by atoms with Gasteiger partial charge < -0.3 is 20.4 Å². The number of rotatable bonds is 9. The predicted molar refractivity (Wildman–Crippen MR) is 75.5 cm³/mol. The summed E-state index contributed by atoms with van der Waals surface area (Å²) in [4.78, 5) is 24.5. The van der Waals surface area contributed by atoms with E-state index in [2.05, 4.69) is 5.32 Å². The first kappa shape index (κ1) is 16.8. The molecule has 0 unspecified atom stereocenters. The largest absolute Gasteiger partial charge is 0.481 e. The normalized spacial score (nSPS) is 16.3. The molecule has 0 aromatic carbocycles. The molecular weight excluding hydrogens is 260 g/mol. The summed E-state index contributed by atoms with van der Waals surface area (Å²) in [5.41, 5.74) is -0.267. The van der Waals surface area contributed by atoms with E-state index >= 15 is 0 Å². The minimum atomic E-state index is -0.808. The second kappa shape index (κ2) is 8.09.